The van der Waals surface area contributed by atoms with Crippen molar-refractivity contribution in [2.75, 3.05) is 17.6 Å². The molecule has 2 rings (SSSR count). The van der Waals surface area contributed by atoms with Gasteiger partial charge in [-0.25, -0.2) is 0 Å². The van der Waals surface area contributed by atoms with Gasteiger partial charge in [0.1, 0.15) is 0 Å². The fraction of sp³-hybridized carbons (Fsp3) is 0.643. The second-order valence-electron chi connectivity index (χ2n) is 5.54. The zero-order chi connectivity index (χ0) is 13.3. The molecule has 0 amide bonds. The molecule has 1 fully saturated rings. The van der Waals surface area contributed by atoms with Gasteiger partial charge in [0.25, 0.3) is 0 Å². The van der Waals surface area contributed by atoms with E-state index in [0.29, 0.717) is 28.3 Å². The largest absolute Gasteiger partial charge is 0.397 e. The molecule has 1 saturated carbocycles. The molecule has 1 aliphatic carbocycles. The summed E-state index contributed by atoms with van der Waals surface area (Å²) in [5.74, 6) is 0.842. The Kier molecular flexibility index (Phi) is 3.66. The normalized spacial score (nSPS) is 16.9. The van der Waals surface area contributed by atoms with Crippen LogP contribution in [0.2, 0.25) is 0 Å². The number of hydrogen-bond donors (Lipinski definition) is 2. The monoisotopic (exact) mass is 266 g/mol. The Labute approximate surface area is 113 Å². The lowest BCUT2D eigenvalue weighted by Gasteiger charge is -2.19. The van der Waals surface area contributed by atoms with Crippen molar-refractivity contribution in [1.82, 2.24) is 0 Å². The van der Waals surface area contributed by atoms with Gasteiger partial charge in [0.15, 0.2) is 5.78 Å². The van der Waals surface area contributed by atoms with Crippen LogP contribution in [-0.2, 0) is 0 Å². The highest BCUT2D eigenvalue weighted by molar-refractivity contribution is 7.18. The molecule has 0 saturated heterocycles. The van der Waals surface area contributed by atoms with Gasteiger partial charge < -0.3 is 11.1 Å². The van der Waals surface area contributed by atoms with Gasteiger partial charge in [-0.05, 0) is 30.2 Å². The number of carbonyl (C=O) groups is 1. The Hall–Kier alpha value is -1.03. The van der Waals surface area contributed by atoms with Crippen LogP contribution in [0.3, 0.4) is 0 Å². The van der Waals surface area contributed by atoms with E-state index in [1.807, 2.05) is 13.0 Å². The number of carbonyl (C=O) groups excluding carboxylic acids is 1. The van der Waals surface area contributed by atoms with E-state index in [1.54, 1.807) is 0 Å². The predicted octanol–water partition coefficient (Wildman–Crippen LogP) is 3.77. The number of thiophene rings is 1. The van der Waals surface area contributed by atoms with E-state index >= 15 is 0 Å². The van der Waals surface area contributed by atoms with Crippen LogP contribution in [0.4, 0.5) is 10.7 Å². The standard InChI is InChI=1S/C14H22N2OS/c1-4-11(17)13-10(15)7-12(18-13)16-8-14(5-6-14)9(2)3/h7,9,16H,4-6,8,15H2,1-3H3. The van der Waals surface area contributed by atoms with E-state index in [4.69, 9.17) is 5.73 Å². The second kappa shape index (κ2) is 4.92. The first-order valence-electron chi connectivity index (χ1n) is 6.65. The first-order chi connectivity index (χ1) is 8.48. The van der Waals surface area contributed by atoms with Crippen molar-refractivity contribution in [2.45, 2.75) is 40.0 Å². The Morgan fingerprint density at radius 2 is 2.22 bits per heavy atom. The lowest BCUT2D eigenvalue weighted by Crippen LogP contribution is -2.20. The van der Waals surface area contributed by atoms with Gasteiger partial charge in [-0.15, -0.1) is 11.3 Å². The molecule has 1 aromatic rings. The minimum absolute atomic E-state index is 0.135. The maximum absolute atomic E-state index is 11.7. The summed E-state index contributed by atoms with van der Waals surface area (Å²) in [6, 6.07) is 1.89. The fourth-order valence-electron chi connectivity index (χ4n) is 2.25. The highest BCUT2D eigenvalue weighted by Gasteiger charge is 2.44. The average molecular weight is 266 g/mol. The molecule has 0 bridgehead atoms. The van der Waals surface area contributed by atoms with Crippen molar-refractivity contribution in [3.8, 4) is 0 Å². The Balaban J connectivity index is 2.01. The van der Waals surface area contributed by atoms with Crippen LogP contribution in [-0.4, -0.2) is 12.3 Å². The first-order valence-corrected chi connectivity index (χ1v) is 7.46. The number of hydrogen-bond acceptors (Lipinski definition) is 4. The van der Waals surface area contributed by atoms with Crippen LogP contribution in [0, 0.1) is 11.3 Å². The molecule has 100 valence electrons. The van der Waals surface area contributed by atoms with Crippen LogP contribution in [0.1, 0.15) is 49.7 Å². The minimum atomic E-state index is 0.135. The molecule has 1 heterocycles. The van der Waals surface area contributed by atoms with Crippen LogP contribution in [0.15, 0.2) is 6.07 Å². The van der Waals surface area contributed by atoms with E-state index in [-0.39, 0.29) is 5.78 Å². The molecule has 4 heteroatoms. The van der Waals surface area contributed by atoms with Gasteiger partial charge >= 0.3 is 0 Å². The molecule has 3 nitrogen and oxygen atoms in total. The summed E-state index contributed by atoms with van der Waals surface area (Å²) in [6.07, 6.45) is 3.12. The van der Waals surface area contributed by atoms with Gasteiger partial charge in [0.2, 0.25) is 0 Å². The van der Waals surface area contributed by atoms with Gasteiger partial charge in [0.05, 0.1) is 15.6 Å². The third kappa shape index (κ3) is 2.53. The molecular weight excluding hydrogens is 244 g/mol. The molecule has 1 aliphatic rings. The number of Topliss-reactive ketones (excluding diaryl/α,β-unsaturated/α-hetero) is 1. The zero-order valence-corrected chi connectivity index (χ0v) is 12.2. The SMILES string of the molecule is CCC(=O)c1sc(NCC2(C(C)C)CC2)cc1N. The molecule has 0 atom stereocenters. The zero-order valence-electron chi connectivity index (χ0n) is 11.4. The Bertz CT molecular complexity index is 447. The number of nitrogens with one attached hydrogen (secondary N) is 1. The van der Waals surface area contributed by atoms with Gasteiger partial charge in [-0.2, -0.15) is 0 Å². The summed E-state index contributed by atoms with van der Waals surface area (Å²) in [5.41, 5.74) is 6.96. The van der Waals surface area contributed by atoms with Gasteiger partial charge in [0, 0.05) is 13.0 Å². The molecule has 0 unspecified atom stereocenters. The second-order valence-corrected chi connectivity index (χ2v) is 6.59. The maximum Gasteiger partial charge on any atom is 0.174 e. The number of rotatable bonds is 6. The minimum Gasteiger partial charge on any atom is -0.397 e. The summed E-state index contributed by atoms with van der Waals surface area (Å²) in [6.45, 7) is 7.42. The maximum atomic E-state index is 11.7. The topological polar surface area (TPSA) is 55.1 Å². The molecular formula is C14H22N2OS. The predicted molar refractivity (Wildman–Crippen MR) is 78.3 cm³/mol. The molecule has 0 aromatic carbocycles. The smallest absolute Gasteiger partial charge is 0.174 e. The average Bonchev–Trinajstić information content (AvgIpc) is 3.05. The highest BCUT2D eigenvalue weighted by Crippen LogP contribution is 2.52. The van der Waals surface area contributed by atoms with Crippen LogP contribution >= 0.6 is 11.3 Å². The quantitative estimate of drug-likeness (QED) is 0.771. The van der Waals surface area contributed by atoms with Crippen LogP contribution in [0.5, 0.6) is 0 Å². The van der Waals surface area contributed by atoms with Gasteiger partial charge in [-0.1, -0.05) is 20.8 Å². The number of nitrogens with two attached hydrogens (primary N) is 1. The Morgan fingerprint density at radius 1 is 1.56 bits per heavy atom. The first kappa shape index (κ1) is 13.4. The van der Waals surface area contributed by atoms with Crippen molar-refractivity contribution in [3.05, 3.63) is 10.9 Å². The summed E-state index contributed by atoms with van der Waals surface area (Å²) < 4.78 is 0. The van der Waals surface area contributed by atoms with Crippen LogP contribution < -0.4 is 11.1 Å². The molecule has 3 N–H and O–H groups in total. The molecule has 0 radical (unpaired) electrons. The van der Waals surface area contributed by atoms with Crippen LogP contribution in [0.25, 0.3) is 0 Å². The number of anilines is 2. The lowest BCUT2D eigenvalue weighted by atomic mass is 9.92. The molecule has 1 aromatic heterocycles. The summed E-state index contributed by atoms with van der Waals surface area (Å²) >= 11 is 1.49. The van der Waals surface area contributed by atoms with E-state index in [0.717, 1.165) is 11.5 Å². The van der Waals surface area contributed by atoms with E-state index in [2.05, 4.69) is 19.2 Å². The van der Waals surface area contributed by atoms with E-state index < -0.39 is 0 Å². The third-order valence-corrected chi connectivity index (χ3v) is 5.22. The molecule has 0 spiro atoms. The van der Waals surface area contributed by atoms with Crippen molar-refractivity contribution >= 4 is 27.8 Å². The number of ketones is 1. The summed E-state index contributed by atoms with van der Waals surface area (Å²) in [5, 5.41) is 4.48. The van der Waals surface area contributed by atoms with Crippen molar-refractivity contribution in [2.24, 2.45) is 11.3 Å². The van der Waals surface area contributed by atoms with Crippen molar-refractivity contribution in [1.29, 1.82) is 0 Å². The molecule has 18 heavy (non-hydrogen) atoms. The molecule has 0 aliphatic heterocycles. The van der Waals surface area contributed by atoms with Crippen molar-refractivity contribution in [3.63, 3.8) is 0 Å². The van der Waals surface area contributed by atoms with Gasteiger partial charge in [-0.3, -0.25) is 4.79 Å². The van der Waals surface area contributed by atoms with Crippen molar-refractivity contribution < 1.29 is 4.79 Å². The summed E-state index contributed by atoms with van der Waals surface area (Å²) in [4.78, 5) is 12.4. The van der Waals surface area contributed by atoms with E-state index in [1.165, 1.54) is 24.2 Å². The fourth-order valence-corrected chi connectivity index (χ4v) is 3.24. The summed E-state index contributed by atoms with van der Waals surface area (Å²) in [7, 11) is 0. The highest BCUT2D eigenvalue weighted by atomic mass is 32.1. The van der Waals surface area contributed by atoms with E-state index in [9.17, 15) is 4.79 Å². The lowest BCUT2D eigenvalue weighted by molar-refractivity contribution is 0.0993. The number of nitrogen functional groups attached to an aromatic ring is 1. The third-order valence-electron chi connectivity index (χ3n) is 4.07. The Morgan fingerprint density at radius 3 is 2.72 bits per heavy atom.